The summed E-state index contributed by atoms with van der Waals surface area (Å²) < 4.78 is 16.7. The maximum atomic E-state index is 12.8. The normalized spacial score (nSPS) is 12.7. The highest BCUT2D eigenvalue weighted by molar-refractivity contribution is 5.72. The van der Waals surface area contributed by atoms with E-state index >= 15 is 0 Å². The predicted octanol–water partition coefficient (Wildman–Crippen LogP) is 18.0. The Morgan fingerprint density at radius 3 is 1.06 bits per heavy atom. The van der Waals surface area contributed by atoms with Gasteiger partial charge in [-0.2, -0.15) is 0 Å². The number of ether oxygens (including phenoxy) is 3. The number of hydrogen-bond donors (Lipinski definition) is 0. The Morgan fingerprint density at radius 2 is 0.662 bits per heavy atom. The molecule has 1 atom stereocenters. The van der Waals surface area contributed by atoms with Crippen LogP contribution in [0.15, 0.2) is 85.1 Å². The van der Waals surface area contributed by atoms with Gasteiger partial charge in [-0.3, -0.25) is 14.4 Å². The molecule has 65 heavy (non-hydrogen) atoms. The first-order chi connectivity index (χ1) is 32.0. The Morgan fingerprint density at radius 1 is 0.338 bits per heavy atom. The second-order valence-electron chi connectivity index (χ2n) is 17.8. The van der Waals surface area contributed by atoms with Gasteiger partial charge in [0.2, 0.25) is 0 Å². The van der Waals surface area contributed by atoms with Crippen molar-refractivity contribution in [2.45, 2.75) is 258 Å². The fourth-order valence-electron chi connectivity index (χ4n) is 7.33. The summed E-state index contributed by atoms with van der Waals surface area (Å²) in [5, 5.41) is 0. The summed E-state index contributed by atoms with van der Waals surface area (Å²) in [6.07, 6.45) is 68.8. The molecule has 0 aromatic rings. The summed E-state index contributed by atoms with van der Waals surface area (Å²) in [7, 11) is 0. The van der Waals surface area contributed by atoms with Crippen molar-refractivity contribution in [3.63, 3.8) is 0 Å². The van der Waals surface area contributed by atoms with E-state index < -0.39 is 12.1 Å². The fraction of sp³-hybridized carbons (Fsp3) is 0.712. The van der Waals surface area contributed by atoms with Crippen molar-refractivity contribution in [2.24, 2.45) is 0 Å². The number of carbonyl (C=O) groups excluding carboxylic acids is 3. The topological polar surface area (TPSA) is 78.9 Å². The minimum Gasteiger partial charge on any atom is -0.462 e. The quantitative estimate of drug-likeness (QED) is 0.0262. The molecule has 0 aliphatic carbocycles. The van der Waals surface area contributed by atoms with E-state index in [1.54, 1.807) is 6.08 Å². The van der Waals surface area contributed by atoms with Gasteiger partial charge in [-0.05, 0) is 96.3 Å². The van der Waals surface area contributed by atoms with Crippen molar-refractivity contribution in [2.75, 3.05) is 13.2 Å². The molecule has 0 fully saturated rings. The van der Waals surface area contributed by atoms with Crippen molar-refractivity contribution in [1.29, 1.82) is 0 Å². The highest BCUT2D eigenvalue weighted by Crippen LogP contribution is 2.14. The predicted molar refractivity (Wildman–Crippen MR) is 279 cm³/mol. The Hall–Kier alpha value is -3.41. The minimum absolute atomic E-state index is 0.114. The third-order valence-electron chi connectivity index (χ3n) is 11.4. The summed E-state index contributed by atoms with van der Waals surface area (Å²) in [6.45, 7) is 6.42. The number of carbonyl (C=O) groups is 3. The van der Waals surface area contributed by atoms with Gasteiger partial charge in [0.25, 0.3) is 0 Å². The van der Waals surface area contributed by atoms with Crippen molar-refractivity contribution < 1.29 is 28.6 Å². The summed E-state index contributed by atoms with van der Waals surface area (Å²) >= 11 is 0. The van der Waals surface area contributed by atoms with Gasteiger partial charge in [-0.1, -0.05) is 221 Å². The third kappa shape index (κ3) is 51.4. The van der Waals surface area contributed by atoms with Gasteiger partial charge >= 0.3 is 17.9 Å². The van der Waals surface area contributed by atoms with Crippen LogP contribution >= 0.6 is 0 Å². The molecule has 0 bridgehead atoms. The molecule has 0 amide bonds. The minimum atomic E-state index is -0.824. The molecule has 0 heterocycles. The molecule has 0 aromatic carbocycles. The van der Waals surface area contributed by atoms with Crippen LogP contribution < -0.4 is 0 Å². The summed E-state index contributed by atoms with van der Waals surface area (Å²) in [4.78, 5) is 38.0. The van der Waals surface area contributed by atoms with Gasteiger partial charge in [-0.15, -0.1) is 0 Å². The Balaban J connectivity index is 4.52. The van der Waals surface area contributed by atoms with Crippen LogP contribution in [-0.4, -0.2) is 37.2 Å². The molecule has 372 valence electrons. The second-order valence-corrected chi connectivity index (χ2v) is 17.8. The van der Waals surface area contributed by atoms with E-state index in [1.807, 2.05) is 6.08 Å². The van der Waals surface area contributed by atoms with E-state index in [9.17, 15) is 14.4 Å². The molecular weight excluding hydrogens is 805 g/mol. The van der Waals surface area contributed by atoms with Gasteiger partial charge in [0.15, 0.2) is 6.10 Å². The largest absolute Gasteiger partial charge is 0.462 e. The molecule has 1 unspecified atom stereocenters. The lowest BCUT2D eigenvalue weighted by Crippen LogP contribution is -2.30. The summed E-state index contributed by atoms with van der Waals surface area (Å²) in [6, 6.07) is 0. The van der Waals surface area contributed by atoms with Crippen LogP contribution in [0.5, 0.6) is 0 Å². The lowest BCUT2D eigenvalue weighted by Gasteiger charge is -2.18. The van der Waals surface area contributed by atoms with Crippen LogP contribution in [0.4, 0.5) is 0 Å². The van der Waals surface area contributed by atoms with Gasteiger partial charge < -0.3 is 14.2 Å². The molecule has 0 aliphatic rings. The van der Waals surface area contributed by atoms with Crippen molar-refractivity contribution >= 4 is 17.9 Å². The molecule has 0 aromatic heterocycles. The van der Waals surface area contributed by atoms with E-state index in [0.717, 1.165) is 96.3 Å². The van der Waals surface area contributed by atoms with Crippen LogP contribution in [0.25, 0.3) is 0 Å². The SMILES string of the molecule is CC/C=C\C/C=C\C/C=C\C/C=C\C/C=C\CC(=O)OCC(COC(=O)CCCCCCC/C=C\CCCCCCCCC)OC(=O)CCCCCCC/C=C\CCCCCCCCC. The molecule has 0 radical (unpaired) electrons. The van der Waals surface area contributed by atoms with Crippen LogP contribution in [0.3, 0.4) is 0 Å². The molecule has 6 heteroatoms. The van der Waals surface area contributed by atoms with Gasteiger partial charge in [0, 0.05) is 12.8 Å². The van der Waals surface area contributed by atoms with Crippen molar-refractivity contribution in [1.82, 2.24) is 0 Å². The Labute approximate surface area is 401 Å². The second kappa shape index (κ2) is 53.2. The van der Waals surface area contributed by atoms with Gasteiger partial charge in [0.05, 0.1) is 6.42 Å². The maximum Gasteiger partial charge on any atom is 0.309 e. The van der Waals surface area contributed by atoms with Crippen molar-refractivity contribution in [3.05, 3.63) is 85.1 Å². The van der Waals surface area contributed by atoms with Gasteiger partial charge in [0.1, 0.15) is 13.2 Å². The average Bonchev–Trinajstić information content (AvgIpc) is 3.30. The zero-order valence-corrected chi connectivity index (χ0v) is 42.5. The monoisotopic (exact) mass is 905 g/mol. The number of hydrogen-bond acceptors (Lipinski definition) is 6. The number of allylic oxidation sites excluding steroid dienone is 13. The fourth-order valence-corrected chi connectivity index (χ4v) is 7.33. The number of rotatable bonds is 48. The van der Waals surface area contributed by atoms with Crippen LogP contribution in [-0.2, 0) is 28.6 Å². The lowest BCUT2D eigenvalue weighted by molar-refractivity contribution is -0.166. The molecule has 0 aliphatic heterocycles. The Bertz CT molecular complexity index is 1270. The number of unbranched alkanes of at least 4 members (excludes halogenated alkanes) is 24. The van der Waals surface area contributed by atoms with E-state index in [2.05, 4.69) is 93.7 Å². The zero-order valence-electron chi connectivity index (χ0n) is 42.5. The molecule has 0 saturated heterocycles. The van der Waals surface area contributed by atoms with Crippen LogP contribution in [0, 0.1) is 0 Å². The first-order valence-corrected chi connectivity index (χ1v) is 27.1. The molecule has 0 rings (SSSR count). The maximum absolute atomic E-state index is 12.8. The average molecular weight is 905 g/mol. The third-order valence-corrected chi connectivity index (χ3v) is 11.4. The van der Waals surface area contributed by atoms with Gasteiger partial charge in [-0.25, -0.2) is 0 Å². The molecule has 6 nitrogen and oxygen atoms in total. The van der Waals surface area contributed by atoms with E-state index in [4.69, 9.17) is 14.2 Å². The lowest BCUT2D eigenvalue weighted by atomic mass is 10.1. The van der Waals surface area contributed by atoms with Crippen LogP contribution in [0.2, 0.25) is 0 Å². The molecule has 0 saturated carbocycles. The zero-order chi connectivity index (χ0) is 47.2. The first kappa shape index (κ1) is 61.6. The van der Waals surface area contributed by atoms with Crippen LogP contribution in [0.1, 0.15) is 252 Å². The molecule has 0 spiro atoms. The standard InChI is InChI=1S/C59H100O6/c1-4-7-10-13-16-19-22-25-28-31-34-37-40-43-46-49-52-58(61)64-55-56(54-63-57(60)51-48-45-42-39-36-33-30-27-24-21-18-15-12-9-6-3)65-59(62)53-50-47-44-41-38-35-32-29-26-23-20-17-14-11-8-5-2/h9,12,18,21,27-32,36,39,45,48,56H,4-8,10-11,13-17,19-20,22-26,33-35,37-38,40-44,46-47,49-55H2,1-3H3/b12-9-,21-18-,30-27-,31-28-,32-29-,39-36-,48-45-. The highest BCUT2D eigenvalue weighted by Gasteiger charge is 2.19. The Kier molecular flexibility index (Phi) is 50.4. The van der Waals surface area contributed by atoms with E-state index in [0.29, 0.717) is 12.8 Å². The summed E-state index contributed by atoms with van der Waals surface area (Å²) in [5.74, 6) is -1.06. The smallest absolute Gasteiger partial charge is 0.309 e. The van der Waals surface area contributed by atoms with Crippen molar-refractivity contribution in [3.8, 4) is 0 Å². The van der Waals surface area contributed by atoms with E-state index in [-0.39, 0.29) is 31.6 Å². The first-order valence-electron chi connectivity index (χ1n) is 27.1. The molecular formula is C59H100O6. The summed E-state index contributed by atoms with van der Waals surface area (Å²) in [5.41, 5.74) is 0. The van der Waals surface area contributed by atoms with E-state index in [1.165, 1.54) is 116 Å². The molecule has 0 N–H and O–H groups in total. The number of esters is 3. The highest BCUT2D eigenvalue weighted by atomic mass is 16.6.